The van der Waals surface area contributed by atoms with Gasteiger partial charge in [0, 0.05) is 56.4 Å². The van der Waals surface area contributed by atoms with Crippen LogP contribution in [0.2, 0.25) is 0 Å². The van der Waals surface area contributed by atoms with Crippen molar-refractivity contribution < 1.29 is 48.0 Å². The maximum Gasteiger partial charge on any atom is 0.410 e. The molecule has 0 aliphatic carbocycles. The van der Waals surface area contributed by atoms with Gasteiger partial charge in [0.25, 0.3) is 0 Å². The number of aromatic nitrogens is 2. The topological polar surface area (TPSA) is 159 Å². The van der Waals surface area contributed by atoms with Gasteiger partial charge in [-0.15, -0.1) is 0 Å². The molecule has 0 spiro atoms. The highest BCUT2D eigenvalue weighted by molar-refractivity contribution is 6.00. The lowest BCUT2D eigenvalue weighted by Crippen LogP contribution is -2.59. The molecule has 2 aromatic rings. The molecule has 1 N–H and O–H groups in total. The molecule has 14 nitrogen and oxygen atoms in total. The number of ketones is 2. The first-order valence-corrected chi connectivity index (χ1v) is 19.9. The van der Waals surface area contributed by atoms with E-state index in [1.54, 1.807) is 31.9 Å². The molecule has 2 aromatic heterocycles. The van der Waals surface area contributed by atoms with Crippen LogP contribution in [0.4, 0.5) is 4.79 Å². The normalized spacial score (nSPS) is 36.8. The van der Waals surface area contributed by atoms with Crippen LogP contribution < -0.4 is 0 Å². The number of aliphatic hydroxyl groups excluding tert-OH is 1. The SMILES string of the molecule is CC[C@H]1OC(=O)[C@H](C)C(=O)[C@H](C)[C@@H](O[C@@H]2O[C@H](C)C[C@H](N(C)C)[C@H]2O)[C@](C)(OC)C[C@@H](C)C(=O)[C@H](C)[C@@H]2[C@@H]1OC(=O)N2CCCCn1ccc2ncccc21. The Labute approximate surface area is 325 Å². The fraction of sp³-hybridized carbons (Fsp3) is 0.732. The summed E-state index contributed by atoms with van der Waals surface area (Å²) in [4.78, 5) is 64.1. The average Bonchev–Trinajstić information content (AvgIpc) is 3.73. The summed E-state index contributed by atoms with van der Waals surface area (Å²) in [5.41, 5.74) is 0.693. The Hall–Kier alpha value is -3.43. The monoisotopic (exact) mass is 770 g/mol. The number of ether oxygens (including phenoxy) is 5. The molecule has 3 aliphatic heterocycles. The van der Waals surface area contributed by atoms with Gasteiger partial charge in [-0.05, 0) is 85.2 Å². The molecule has 55 heavy (non-hydrogen) atoms. The maximum atomic E-state index is 14.5. The summed E-state index contributed by atoms with van der Waals surface area (Å²) in [6.07, 6.45) is 0.356. The van der Waals surface area contributed by atoms with Gasteiger partial charge in [0.2, 0.25) is 0 Å². The fourth-order valence-electron chi connectivity index (χ4n) is 8.95. The highest BCUT2D eigenvalue weighted by atomic mass is 16.7. The predicted octanol–water partition coefficient (Wildman–Crippen LogP) is 4.63. The minimum absolute atomic E-state index is 0.132. The van der Waals surface area contributed by atoms with Crippen molar-refractivity contribution in [3.63, 3.8) is 0 Å². The second kappa shape index (κ2) is 17.8. The van der Waals surface area contributed by atoms with E-state index >= 15 is 0 Å². The molecule has 0 unspecified atom stereocenters. The number of aryl methyl sites for hydroxylation is 1. The van der Waals surface area contributed by atoms with Crippen LogP contribution in [0, 0.1) is 23.7 Å². The molecule has 0 bridgehead atoms. The van der Waals surface area contributed by atoms with E-state index in [-0.39, 0.29) is 24.3 Å². The Balaban J connectivity index is 1.44. The smallest absolute Gasteiger partial charge is 0.410 e. The standard InChI is InChI=1S/C41H62N4O10/c1-11-31-36-32(45(40(50)54-36)19-13-12-18-44-20-16-28-29(44)15-14-17-42-28)25(4)33(46)23(2)22-41(7,51-10)37(26(5)34(47)27(6)38(49)53-31)55-39-35(48)30(43(8)9)21-24(3)52-39/h14-17,20,23-27,30-32,35-37,39,48H,11-13,18-19,21-22H2,1-10H3/t23-,24-,25-,26+,27-,30+,31-,32-,35-,36-,37-,39+,41-/m1/s1. The Morgan fingerprint density at radius 3 is 2.38 bits per heavy atom. The molecule has 0 aromatic carbocycles. The molecule has 1 amide bonds. The minimum atomic E-state index is -1.25. The first-order valence-electron chi connectivity index (χ1n) is 19.9. The van der Waals surface area contributed by atoms with Crippen LogP contribution in [-0.2, 0) is 44.6 Å². The van der Waals surface area contributed by atoms with E-state index in [9.17, 15) is 24.3 Å². The van der Waals surface area contributed by atoms with Crippen molar-refractivity contribution in [2.24, 2.45) is 23.7 Å². The third-order valence-corrected chi connectivity index (χ3v) is 12.3. The van der Waals surface area contributed by atoms with Crippen LogP contribution in [0.25, 0.3) is 11.0 Å². The lowest BCUT2D eigenvalue weighted by Gasteiger charge is -2.47. The summed E-state index contributed by atoms with van der Waals surface area (Å²) < 4.78 is 33.0. The van der Waals surface area contributed by atoms with Gasteiger partial charge in [0.15, 0.2) is 18.2 Å². The van der Waals surface area contributed by atoms with Crippen LogP contribution in [0.3, 0.4) is 0 Å². The number of carbonyl (C=O) groups is 4. The largest absolute Gasteiger partial charge is 0.458 e. The van der Waals surface area contributed by atoms with Gasteiger partial charge in [-0.2, -0.15) is 0 Å². The molecule has 3 aliphatic rings. The molecule has 306 valence electrons. The summed E-state index contributed by atoms with van der Waals surface area (Å²) in [5, 5.41) is 11.4. The number of pyridine rings is 1. The number of hydrogen-bond acceptors (Lipinski definition) is 12. The van der Waals surface area contributed by atoms with E-state index in [0.717, 1.165) is 17.5 Å². The Morgan fingerprint density at radius 1 is 1.00 bits per heavy atom. The number of nitrogens with zero attached hydrogens (tertiary/aromatic N) is 4. The number of rotatable bonds is 10. The summed E-state index contributed by atoms with van der Waals surface area (Å²) >= 11 is 0. The van der Waals surface area contributed by atoms with Crippen molar-refractivity contribution in [2.75, 3.05) is 27.7 Å². The Kier molecular flexibility index (Phi) is 13.8. The van der Waals surface area contributed by atoms with Crippen LogP contribution in [0.5, 0.6) is 0 Å². The zero-order valence-corrected chi connectivity index (χ0v) is 34.2. The minimum Gasteiger partial charge on any atom is -0.458 e. The van der Waals surface area contributed by atoms with Crippen molar-refractivity contribution in [3.8, 4) is 0 Å². The van der Waals surface area contributed by atoms with Crippen molar-refractivity contribution in [1.29, 1.82) is 0 Å². The molecule has 3 fully saturated rings. The third kappa shape index (κ3) is 8.93. The Morgan fingerprint density at radius 2 is 1.71 bits per heavy atom. The van der Waals surface area contributed by atoms with Gasteiger partial charge in [-0.1, -0.05) is 27.7 Å². The average molecular weight is 771 g/mol. The number of carbonyl (C=O) groups excluding carboxylic acids is 4. The second-order valence-electron chi connectivity index (χ2n) is 16.4. The van der Waals surface area contributed by atoms with Crippen molar-refractivity contribution in [1.82, 2.24) is 19.4 Å². The summed E-state index contributed by atoms with van der Waals surface area (Å²) in [7, 11) is 5.25. The molecule has 0 radical (unpaired) electrons. The number of cyclic esters (lactones) is 1. The van der Waals surface area contributed by atoms with Crippen molar-refractivity contribution >= 4 is 34.7 Å². The Bertz CT molecular complexity index is 1670. The number of amides is 1. The van der Waals surface area contributed by atoms with Gasteiger partial charge >= 0.3 is 12.1 Å². The molecule has 5 rings (SSSR count). The number of unbranched alkanes of at least 4 members (excludes halogenated alkanes) is 1. The van der Waals surface area contributed by atoms with Gasteiger partial charge in [0.1, 0.15) is 23.9 Å². The van der Waals surface area contributed by atoms with Gasteiger partial charge < -0.3 is 43.2 Å². The lowest BCUT2D eigenvalue weighted by molar-refractivity contribution is -0.295. The second-order valence-corrected chi connectivity index (χ2v) is 16.4. The first-order chi connectivity index (χ1) is 26.0. The van der Waals surface area contributed by atoms with E-state index in [4.69, 9.17) is 23.7 Å². The van der Waals surface area contributed by atoms with Crippen LogP contribution in [-0.4, -0.2) is 130 Å². The number of likely N-dealkylation sites (N-methyl/N-ethyl adjacent to an activating group) is 1. The van der Waals surface area contributed by atoms with Crippen LogP contribution in [0.15, 0.2) is 30.6 Å². The lowest BCUT2D eigenvalue weighted by atomic mass is 9.75. The summed E-state index contributed by atoms with van der Waals surface area (Å²) in [5.74, 6) is -4.80. The van der Waals surface area contributed by atoms with Gasteiger partial charge in [0.05, 0.1) is 34.9 Å². The highest BCUT2D eigenvalue weighted by Gasteiger charge is 2.54. The molecule has 5 heterocycles. The number of fused-ring (bicyclic) bond motifs is 2. The van der Waals surface area contributed by atoms with Crippen molar-refractivity contribution in [3.05, 3.63) is 30.6 Å². The number of aliphatic hydroxyl groups is 1. The molecule has 0 saturated carbocycles. The molecule has 3 saturated heterocycles. The van der Waals surface area contributed by atoms with Gasteiger partial charge in [-0.3, -0.25) is 19.4 Å². The first kappa shape index (κ1) is 42.7. The van der Waals surface area contributed by atoms with E-state index < -0.39 is 83.9 Å². The number of Topliss-reactive ketones (excluding diaryl/α,β-unsaturated/α-hetero) is 2. The van der Waals surface area contributed by atoms with E-state index in [1.165, 1.54) is 14.0 Å². The summed E-state index contributed by atoms with van der Waals surface area (Å²) in [6.45, 7) is 13.3. The maximum absolute atomic E-state index is 14.5. The van der Waals surface area contributed by atoms with Gasteiger partial charge in [-0.25, -0.2) is 4.79 Å². The highest BCUT2D eigenvalue weighted by Crippen LogP contribution is 2.39. The molecular formula is C41H62N4O10. The molecule has 13 atom stereocenters. The predicted molar refractivity (Wildman–Crippen MR) is 204 cm³/mol. The van der Waals surface area contributed by atoms with Crippen LogP contribution in [0.1, 0.15) is 80.6 Å². The van der Waals surface area contributed by atoms with Crippen molar-refractivity contribution in [2.45, 2.75) is 142 Å². The van der Waals surface area contributed by atoms with E-state index in [0.29, 0.717) is 32.4 Å². The molecular weight excluding hydrogens is 708 g/mol. The summed E-state index contributed by atoms with van der Waals surface area (Å²) in [6, 6.07) is 4.90. The fourth-order valence-corrected chi connectivity index (χ4v) is 8.95. The van der Waals surface area contributed by atoms with E-state index in [2.05, 4.69) is 9.55 Å². The molecule has 14 heteroatoms. The van der Waals surface area contributed by atoms with E-state index in [1.807, 2.05) is 64.2 Å². The number of methoxy groups -OCH3 is 1. The third-order valence-electron chi connectivity index (χ3n) is 12.3. The quantitative estimate of drug-likeness (QED) is 0.203. The zero-order valence-electron chi connectivity index (χ0n) is 34.2. The number of esters is 1. The van der Waals surface area contributed by atoms with Crippen LogP contribution >= 0.6 is 0 Å². The number of hydrogen-bond donors (Lipinski definition) is 1. The zero-order chi connectivity index (χ0) is 40.4.